The third-order valence-electron chi connectivity index (χ3n) is 13.4. The van der Waals surface area contributed by atoms with E-state index in [1.165, 1.54) is 6.92 Å². The molecule has 2 spiro atoms. The van der Waals surface area contributed by atoms with Crippen LogP contribution < -0.4 is 0 Å². The van der Waals surface area contributed by atoms with Crippen molar-refractivity contribution in [2.45, 2.75) is 105 Å². The summed E-state index contributed by atoms with van der Waals surface area (Å²) in [4.78, 5) is 38.2. The molecule has 5 rings (SSSR count). The molecule has 5 aliphatic rings. The van der Waals surface area contributed by atoms with Crippen LogP contribution in [0.4, 0.5) is 0 Å². The van der Waals surface area contributed by atoms with Gasteiger partial charge in [-0.25, -0.2) is 0 Å². The second-order valence-corrected chi connectivity index (χ2v) is 14.6. The van der Waals surface area contributed by atoms with E-state index in [4.69, 9.17) is 4.74 Å². The van der Waals surface area contributed by atoms with Crippen molar-refractivity contribution >= 4 is 17.5 Å². The Hall–Kier alpha value is -1.57. The van der Waals surface area contributed by atoms with Crippen LogP contribution in [0.1, 0.15) is 86.5 Å². The van der Waals surface area contributed by atoms with Crippen LogP contribution in [-0.4, -0.2) is 57.8 Å². The van der Waals surface area contributed by atoms with Crippen molar-refractivity contribution in [2.24, 2.45) is 57.2 Å². The molecule has 5 aliphatic carbocycles. The molecule has 7 nitrogen and oxygen atoms in total. The molecule has 3 unspecified atom stereocenters. The first-order chi connectivity index (χ1) is 18.1. The van der Waals surface area contributed by atoms with Gasteiger partial charge >= 0.3 is 5.97 Å². The first kappa shape index (κ1) is 28.9. The first-order valence-electron chi connectivity index (χ1n) is 15.0. The normalized spacial score (nSPS) is 48.5. The highest BCUT2D eigenvalue weighted by atomic mass is 16.5. The van der Waals surface area contributed by atoms with E-state index in [9.17, 15) is 29.7 Å². The van der Waals surface area contributed by atoms with Gasteiger partial charge in [0, 0.05) is 43.1 Å². The smallest absolute Gasteiger partial charge is 0.302 e. The average Bonchev–Trinajstić information content (AvgIpc) is 3.52. The molecule has 3 N–H and O–H groups in total. The predicted molar refractivity (Wildman–Crippen MR) is 145 cm³/mol. The van der Waals surface area contributed by atoms with Crippen molar-refractivity contribution in [1.82, 2.24) is 0 Å². The molecule has 13 atom stereocenters. The topological polar surface area (TPSA) is 121 Å². The third-order valence-corrected chi connectivity index (χ3v) is 13.4. The quantitative estimate of drug-likeness (QED) is 0.329. The molecular weight excluding hydrogens is 496 g/mol. The van der Waals surface area contributed by atoms with Crippen LogP contribution in [0.5, 0.6) is 0 Å². The minimum absolute atomic E-state index is 0.0171. The fourth-order valence-corrected chi connectivity index (χ4v) is 11.2. The molecule has 0 saturated heterocycles. The standard InChI is InChI=1S/C32H48O7/c1-16(14-33)17(2)27(37)28(38)19(4)26-23(39-20(5)34)13-30(7)24-9-8-21-18(3)22(35)12-25(36)32(21)15-31(24,32)11-10-29(26,30)6/h16,18-19,21,23-26,28,33,36,38H,2,8-15H2,1,3-7H3/t16-,18-,19?,21-,23-,24-,25-,26-,28+,29+,30-,31?,32?/m0/s1. The number of hydrogen-bond donors (Lipinski definition) is 3. The van der Waals surface area contributed by atoms with E-state index in [-0.39, 0.29) is 69.8 Å². The van der Waals surface area contributed by atoms with Gasteiger partial charge in [-0.2, -0.15) is 0 Å². The minimum Gasteiger partial charge on any atom is -0.462 e. The van der Waals surface area contributed by atoms with Crippen molar-refractivity contribution in [3.63, 3.8) is 0 Å². The number of rotatable bonds is 7. The summed E-state index contributed by atoms with van der Waals surface area (Å²) in [6.45, 7) is 15.3. The maximum absolute atomic E-state index is 13.2. The lowest BCUT2D eigenvalue weighted by Crippen LogP contribution is -2.58. The molecule has 0 heterocycles. The van der Waals surface area contributed by atoms with Crippen LogP contribution in [0.25, 0.3) is 0 Å². The lowest BCUT2D eigenvalue weighted by Gasteiger charge is -2.62. The van der Waals surface area contributed by atoms with Crippen LogP contribution in [0, 0.1) is 57.2 Å². The Kier molecular flexibility index (Phi) is 6.84. The maximum atomic E-state index is 13.2. The lowest BCUT2D eigenvalue weighted by atomic mass is 9.42. The van der Waals surface area contributed by atoms with E-state index < -0.39 is 35.9 Å². The van der Waals surface area contributed by atoms with Gasteiger partial charge < -0.3 is 20.1 Å². The third kappa shape index (κ3) is 3.61. The van der Waals surface area contributed by atoms with Crippen LogP contribution in [-0.2, 0) is 19.1 Å². The van der Waals surface area contributed by atoms with Crippen LogP contribution in [0.3, 0.4) is 0 Å². The average molecular weight is 545 g/mol. The molecule has 39 heavy (non-hydrogen) atoms. The molecular formula is C32H48O7. The molecule has 0 aromatic heterocycles. The van der Waals surface area contributed by atoms with E-state index in [1.807, 2.05) is 6.92 Å². The number of ketones is 2. The molecule has 0 amide bonds. The van der Waals surface area contributed by atoms with Gasteiger partial charge in [0.1, 0.15) is 18.0 Å². The number of aliphatic hydroxyl groups excluding tert-OH is 3. The van der Waals surface area contributed by atoms with Crippen molar-refractivity contribution in [3.8, 4) is 0 Å². The summed E-state index contributed by atoms with van der Waals surface area (Å²) in [7, 11) is 0. The van der Waals surface area contributed by atoms with E-state index in [2.05, 4.69) is 27.4 Å². The van der Waals surface area contributed by atoms with Crippen molar-refractivity contribution < 1.29 is 34.4 Å². The number of aliphatic hydroxyl groups is 3. The van der Waals surface area contributed by atoms with Crippen molar-refractivity contribution in [3.05, 3.63) is 12.2 Å². The highest BCUT2D eigenvalue weighted by Crippen LogP contribution is 2.88. The Morgan fingerprint density at radius 1 is 1.15 bits per heavy atom. The van der Waals surface area contributed by atoms with Crippen LogP contribution in [0.2, 0.25) is 0 Å². The van der Waals surface area contributed by atoms with Crippen molar-refractivity contribution in [1.29, 1.82) is 0 Å². The molecule has 0 aromatic rings. The summed E-state index contributed by atoms with van der Waals surface area (Å²) < 4.78 is 5.99. The number of fused-ring (bicyclic) bond motifs is 2. The molecule has 0 bridgehead atoms. The fraction of sp³-hybridized carbons (Fsp3) is 0.844. The zero-order valence-electron chi connectivity index (χ0n) is 24.5. The van der Waals surface area contributed by atoms with E-state index in [0.29, 0.717) is 12.3 Å². The zero-order chi connectivity index (χ0) is 28.9. The molecule has 0 aromatic carbocycles. The highest BCUT2D eigenvalue weighted by Gasteiger charge is 2.84. The number of hydrogen-bond acceptors (Lipinski definition) is 7. The number of ether oxygens (including phenoxy) is 1. The molecule has 7 heteroatoms. The Morgan fingerprint density at radius 3 is 2.44 bits per heavy atom. The van der Waals surface area contributed by atoms with Crippen LogP contribution in [0.15, 0.2) is 12.2 Å². The van der Waals surface area contributed by atoms with Gasteiger partial charge in [-0.05, 0) is 78.1 Å². The largest absolute Gasteiger partial charge is 0.462 e. The Labute approximate surface area is 232 Å². The second-order valence-electron chi connectivity index (χ2n) is 14.6. The molecule has 0 radical (unpaired) electrons. The minimum atomic E-state index is -1.31. The SMILES string of the molecule is C=C(C(=O)[C@H](O)C(C)[C@H]1[C@@H](OC(C)=O)C[C@@]2(C)[C@@H]3CC[C@H]4[C@H](C)C(=O)C[C@H](O)C45CC35CC[C@]12C)[C@@H](C)CO. The number of carbonyl (C=O) groups excluding carboxylic acids is 3. The lowest BCUT2D eigenvalue weighted by molar-refractivity contribution is -0.168. The highest BCUT2D eigenvalue weighted by molar-refractivity contribution is 5.98. The van der Waals surface area contributed by atoms with E-state index in [1.54, 1.807) is 6.92 Å². The van der Waals surface area contributed by atoms with Crippen molar-refractivity contribution in [2.75, 3.05) is 6.61 Å². The summed E-state index contributed by atoms with van der Waals surface area (Å²) >= 11 is 0. The van der Waals surface area contributed by atoms with Gasteiger partial charge in [0.25, 0.3) is 0 Å². The van der Waals surface area contributed by atoms with Crippen LogP contribution >= 0.6 is 0 Å². The summed E-state index contributed by atoms with van der Waals surface area (Å²) in [6.07, 6.45) is 3.21. The van der Waals surface area contributed by atoms with E-state index in [0.717, 1.165) is 32.1 Å². The molecule has 5 fully saturated rings. The molecule has 5 saturated carbocycles. The number of carbonyl (C=O) groups is 3. The summed E-state index contributed by atoms with van der Waals surface area (Å²) in [6, 6.07) is 0. The van der Waals surface area contributed by atoms with Gasteiger partial charge in [0.2, 0.25) is 0 Å². The Morgan fingerprint density at radius 2 is 1.82 bits per heavy atom. The summed E-state index contributed by atoms with van der Waals surface area (Å²) in [5.41, 5.74) is -0.534. The Balaban J connectivity index is 1.51. The van der Waals surface area contributed by atoms with Gasteiger partial charge in [-0.3, -0.25) is 14.4 Å². The Bertz CT molecular complexity index is 1080. The maximum Gasteiger partial charge on any atom is 0.302 e. The van der Waals surface area contributed by atoms with Gasteiger partial charge in [-0.15, -0.1) is 0 Å². The fourth-order valence-electron chi connectivity index (χ4n) is 11.2. The van der Waals surface area contributed by atoms with Gasteiger partial charge in [-0.1, -0.05) is 41.2 Å². The predicted octanol–water partition coefficient (Wildman–Crippen LogP) is 3.87. The molecule has 0 aliphatic heterocycles. The second kappa shape index (κ2) is 9.22. The monoisotopic (exact) mass is 544 g/mol. The number of Topliss-reactive ketones (excluding diaryl/α,β-unsaturated/α-hetero) is 2. The van der Waals surface area contributed by atoms with E-state index >= 15 is 0 Å². The number of esters is 1. The van der Waals surface area contributed by atoms with Gasteiger partial charge in [0.15, 0.2) is 5.78 Å². The summed E-state index contributed by atoms with van der Waals surface area (Å²) in [5, 5.41) is 32.3. The van der Waals surface area contributed by atoms with Gasteiger partial charge in [0.05, 0.1) is 6.10 Å². The first-order valence-corrected chi connectivity index (χ1v) is 15.0. The zero-order valence-corrected chi connectivity index (χ0v) is 24.5. The summed E-state index contributed by atoms with van der Waals surface area (Å²) in [5.74, 6) is -1.28. The molecule has 218 valence electrons.